The third-order valence-corrected chi connectivity index (χ3v) is 9.35. The largest absolute Gasteiger partial charge is 0.508 e. The maximum atomic E-state index is 13.6. The summed E-state index contributed by atoms with van der Waals surface area (Å²) < 4.78 is 1.95. The standard InChI is InChI=1S/C27H35N3O3/c1-2-27-9-5-6-18-21(26(33)28-10-13-29-11-3-4-12-29)15-20-19-14-17(31)7-8-22(19)30(23(32)16-27)25(20)24(18)27/h7-8,14,18,21,24,31H,2-6,9-13,15-16H2,1H3,(H,28,33)/t18-,21+,24-,27+/m0/s1. The summed E-state index contributed by atoms with van der Waals surface area (Å²) in [6, 6.07) is 5.35. The van der Waals surface area contributed by atoms with Gasteiger partial charge in [0.1, 0.15) is 5.75 Å². The van der Waals surface area contributed by atoms with Gasteiger partial charge in [-0.15, -0.1) is 0 Å². The highest BCUT2D eigenvalue weighted by Crippen LogP contribution is 2.62. The second-order valence-electron chi connectivity index (χ2n) is 10.9. The van der Waals surface area contributed by atoms with Gasteiger partial charge in [0.2, 0.25) is 11.8 Å². The van der Waals surface area contributed by atoms with Crippen molar-refractivity contribution >= 4 is 22.7 Å². The van der Waals surface area contributed by atoms with Crippen molar-refractivity contribution in [2.75, 3.05) is 26.2 Å². The van der Waals surface area contributed by atoms with Crippen LogP contribution in [-0.2, 0) is 11.2 Å². The molecule has 2 aliphatic heterocycles. The number of hydrogen-bond acceptors (Lipinski definition) is 4. The predicted molar refractivity (Wildman–Crippen MR) is 128 cm³/mol. The molecular formula is C27H35N3O3. The lowest BCUT2D eigenvalue weighted by atomic mass is 9.51. The number of phenolic OH excluding ortho intramolecular Hbond substituents is 1. The molecule has 2 aromatic rings. The molecule has 6 rings (SSSR count). The number of benzene rings is 1. The molecule has 176 valence electrons. The van der Waals surface area contributed by atoms with Crippen molar-refractivity contribution in [3.8, 4) is 5.75 Å². The van der Waals surface area contributed by atoms with Gasteiger partial charge in [-0.1, -0.05) is 13.3 Å². The fraction of sp³-hybridized carbons (Fsp3) is 0.630. The van der Waals surface area contributed by atoms with E-state index in [1.54, 1.807) is 12.1 Å². The molecule has 2 N–H and O–H groups in total. The van der Waals surface area contributed by atoms with Crippen LogP contribution in [0.15, 0.2) is 18.2 Å². The third kappa shape index (κ3) is 3.17. The van der Waals surface area contributed by atoms with Gasteiger partial charge in [0.15, 0.2) is 0 Å². The molecule has 0 radical (unpaired) electrons. The summed E-state index contributed by atoms with van der Waals surface area (Å²) in [5, 5.41) is 14.5. The van der Waals surface area contributed by atoms with E-state index in [1.165, 1.54) is 12.8 Å². The predicted octanol–water partition coefficient (Wildman–Crippen LogP) is 4.06. The number of likely N-dealkylation sites (tertiary alicyclic amines) is 1. The summed E-state index contributed by atoms with van der Waals surface area (Å²) in [5.74, 6) is 1.02. The molecule has 0 bridgehead atoms. The first-order valence-corrected chi connectivity index (χ1v) is 12.9. The highest BCUT2D eigenvalue weighted by Gasteiger charge is 2.57. The number of carbonyl (C=O) groups is 2. The maximum absolute atomic E-state index is 13.6. The molecule has 2 fully saturated rings. The van der Waals surface area contributed by atoms with Crippen molar-refractivity contribution in [3.63, 3.8) is 0 Å². The number of amides is 1. The Bertz CT molecular complexity index is 1120. The number of fused-ring (bicyclic) bond motifs is 3. The second kappa shape index (κ2) is 7.86. The third-order valence-electron chi connectivity index (χ3n) is 9.35. The minimum Gasteiger partial charge on any atom is -0.508 e. The van der Waals surface area contributed by atoms with E-state index in [-0.39, 0.29) is 40.7 Å². The highest BCUT2D eigenvalue weighted by atomic mass is 16.3. The topological polar surface area (TPSA) is 74.6 Å². The number of aromatic hydroxyl groups is 1. The van der Waals surface area contributed by atoms with Crippen molar-refractivity contribution < 1.29 is 14.7 Å². The normalized spacial score (nSPS) is 31.1. The van der Waals surface area contributed by atoms with E-state index in [1.807, 2.05) is 10.6 Å². The van der Waals surface area contributed by atoms with Crippen LogP contribution in [0, 0.1) is 17.3 Å². The number of nitrogens with zero attached hydrogens (tertiary/aromatic N) is 2. The summed E-state index contributed by atoms with van der Waals surface area (Å²) >= 11 is 0. The summed E-state index contributed by atoms with van der Waals surface area (Å²) in [6.07, 6.45) is 7.92. The Morgan fingerprint density at radius 1 is 1.24 bits per heavy atom. The monoisotopic (exact) mass is 449 g/mol. The molecule has 3 heterocycles. The minimum atomic E-state index is -0.0677. The molecule has 6 nitrogen and oxygen atoms in total. The van der Waals surface area contributed by atoms with Crippen molar-refractivity contribution in [1.82, 2.24) is 14.8 Å². The van der Waals surface area contributed by atoms with Crippen LogP contribution in [0.1, 0.15) is 73.8 Å². The summed E-state index contributed by atoms with van der Waals surface area (Å²) in [5.41, 5.74) is 3.12. The lowest BCUT2D eigenvalue weighted by Crippen LogP contribution is -2.52. The number of phenols is 1. The van der Waals surface area contributed by atoms with E-state index in [0.717, 1.165) is 67.5 Å². The molecule has 6 heteroatoms. The SMILES string of the molecule is CC[C@]12CCC[C@@H]3[C@H]1c1c(c4cc(O)ccc4n1C(=O)C2)C[C@H]3C(=O)NCCN1CCCC1. The Labute approximate surface area is 195 Å². The van der Waals surface area contributed by atoms with Gasteiger partial charge in [-0.3, -0.25) is 14.2 Å². The number of rotatable bonds is 5. The molecule has 1 aromatic heterocycles. The fourth-order valence-corrected chi connectivity index (χ4v) is 7.80. The van der Waals surface area contributed by atoms with Crippen molar-refractivity contribution in [3.05, 3.63) is 29.5 Å². The Balaban J connectivity index is 1.40. The summed E-state index contributed by atoms with van der Waals surface area (Å²) in [7, 11) is 0. The molecule has 1 saturated carbocycles. The van der Waals surface area contributed by atoms with Crippen molar-refractivity contribution in [2.45, 2.75) is 64.2 Å². The lowest BCUT2D eigenvalue weighted by Gasteiger charge is -2.54. The Kier molecular flexibility index (Phi) is 5.05. The zero-order chi connectivity index (χ0) is 22.7. The first kappa shape index (κ1) is 21.2. The average Bonchev–Trinajstić information content (AvgIpc) is 3.44. The Morgan fingerprint density at radius 2 is 2.06 bits per heavy atom. The van der Waals surface area contributed by atoms with Gasteiger partial charge in [-0.2, -0.15) is 0 Å². The van der Waals surface area contributed by atoms with Gasteiger partial charge >= 0.3 is 0 Å². The first-order valence-electron chi connectivity index (χ1n) is 12.9. The molecule has 1 amide bonds. The van der Waals surface area contributed by atoms with Crippen molar-refractivity contribution in [2.24, 2.45) is 17.3 Å². The molecule has 33 heavy (non-hydrogen) atoms. The lowest BCUT2D eigenvalue weighted by molar-refractivity contribution is -0.129. The van der Waals surface area contributed by atoms with Gasteiger partial charge in [0, 0.05) is 42.4 Å². The number of carbonyl (C=O) groups excluding carboxylic acids is 2. The van der Waals surface area contributed by atoms with Crippen LogP contribution in [-0.4, -0.2) is 52.6 Å². The van der Waals surface area contributed by atoms with Crippen LogP contribution in [0.2, 0.25) is 0 Å². The average molecular weight is 450 g/mol. The van der Waals surface area contributed by atoms with E-state index in [4.69, 9.17) is 0 Å². The number of hydrogen-bond donors (Lipinski definition) is 2. The van der Waals surface area contributed by atoms with Crippen LogP contribution in [0.3, 0.4) is 0 Å². The second-order valence-corrected chi connectivity index (χ2v) is 10.9. The van der Waals surface area contributed by atoms with Crippen LogP contribution < -0.4 is 5.32 Å². The molecule has 2 aliphatic carbocycles. The summed E-state index contributed by atoms with van der Waals surface area (Å²) in [4.78, 5) is 29.5. The quantitative estimate of drug-likeness (QED) is 0.722. The van der Waals surface area contributed by atoms with E-state index in [9.17, 15) is 14.7 Å². The molecule has 4 atom stereocenters. The van der Waals surface area contributed by atoms with E-state index in [2.05, 4.69) is 17.1 Å². The highest BCUT2D eigenvalue weighted by molar-refractivity contribution is 5.99. The fourth-order valence-electron chi connectivity index (χ4n) is 7.80. The maximum Gasteiger partial charge on any atom is 0.231 e. The van der Waals surface area contributed by atoms with Crippen molar-refractivity contribution in [1.29, 1.82) is 0 Å². The molecule has 4 aliphatic rings. The molecule has 1 saturated heterocycles. The van der Waals surface area contributed by atoms with Gasteiger partial charge < -0.3 is 15.3 Å². The van der Waals surface area contributed by atoms with Crippen LogP contribution in [0.4, 0.5) is 0 Å². The van der Waals surface area contributed by atoms with Crippen LogP contribution >= 0.6 is 0 Å². The Morgan fingerprint density at radius 3 is 2.85 bits per heavy atom. The molecule has 0 unspecified atom stereocenters. The van der Waals surface area contributed by atoms with E-state index in [0.29, 0.717) is 19.4 Å². The smallest absolute Gasteiger partial charge is 0.231 e. The van der Waals surface area contributed by atoms with Crippen LogP contribution in [0.25, 0.3) is 10.9 Å². The van der Waals surface area contributed by atoms with E-state index >= 15 is 0 Å². The first-order chi connectivity index (χ1) is 16.0. The van der Waals surface area contributed by atoms with Gasteiger partial charge in [-0.05, 0) is 86.7 Å². The molecule has 1 aromatic carbocycles. The zero-order valence-electron chi connectivity index (χ0n) is 19.6. The van der Waals surface area contributed by atoms with Gasteiger partial charge in [0.05, 0.1) is 5.52 Å². The number of aromatic nitrogens is 1. The number of nitrogens with one attached hydrogen (secondary N) is 1. The zero-order valence-corrected chi connectivity index (χ0v) is 19.6. The van der Waals surface area contributed by atoms with E-state index < -0.39 is 0 Å². The van der Waals surface area contributed by atoms with Gasteiger partial charge in [0.25, 0.3) is 0 Å². The summed E-state index contributed by atoms with van der Waals surface area (Å²) in [6.45, 7) is 6.14. The molecule has 0 spiro atoms. The van der Waals surface area contributed by atoms with Crippen LogP contribution in [0.5, 0.6) is 5.75 Å². The molecular weight excluding hydrogens is 414 g/mol. The minimum absolute atomic E-state index is 0.0460. The Hall–Kier alpha value is -2.34. The van der Waals surface area contributed by atoms with Gasteiger partial charge in [-0.25, -0.2) is 0 Å².